The molecule has 2 aromatic heterocycles. The average Bonchev–Trinajstić information content (AvgIpc) is 3.09. The lowest BCUT2D eigenvalue weighted by Gasteiger charge is -2.26. The molecule has 1 atom stereocenters. The molecule has 106 valence electrons. The smallest absolute Gasteiger partial charge is 0.195 e. The van der Waals surface area contributed by atoms with Gasteiger partial charge in [0.25, 0.3) is 0 Å². The molecule has 0 radical (unpaired) electrons. The molecule has 1 unspecified atom stereocenters. The fourth-order valence-electron chi connectivity index (χ4n) is 2.41. The molecule has 0 amide bonds. The summed E-state index contributed by atoms with van der Waals surface area (Å²) in [7, 11) is 1.71. The van der Waals surface area contributed by atoms with Gasteiger partial charge in [0, 0.05) is 38.1 Å². The van der Waals surface area contributed by atoms with Gasteiger partial charge in [-0.15, -0.1) is 0 Å². The van der Waals surface area contributed by atoms with Crippen molar-refractivity contribution in [3.05, 3.63) is 29.3 Å². The van der Waals surface area contributed by atoms with Crippen LogP contribution in [0, 0.1) is 4.77 Å². The molecule has 3 rings (SSSR count). The number of pyridine rings is 1. The monoisotopic (exact) mass is 292 g/mol. The van der Waals surface area contributed by atoms with Crippen molar-refractivity contribution in [2.24, 2.45) is 0 Å². The lowest BCUT2D eigenvalue weighted by molar-refractivity contribution is -0.0295. The summed E-state index contributed by atoms with van der Waals surface area (Å²) in [6.07, 6.45) is 4.33. The maximum atomic E-state index is 5.67. The summed E-state index contributed by atoms with van der Waals surface area (Å²) >= 11 is 5.34. The molecule has 7 heteroatoms. The lowest BCUT2D eigenvalue weighted by Crippen LogP contribution is -2.37. The Labute approximate surface area is 121 Å². The van der Waals surface area contributed by atoms with Crippen LogP contribution in [0.2, 0.25) is 0 Å². The Bertz CT molecular complexity index is 631. The molecule has 0 aliphatic carbocycles. The molecule has 0 spiro atoms. The summed E-state index contributed by atoms with van der Waals surface area (Å²) in [5.41, 5.74) is 0.640. The van der Waals surface area contributed by atoms with Gasteiger partial charge in [0.05, 0.1) is 13.2 Å². The molecule has 6 nitrogen and oxygen atoms in total. The van der Waals surface area contributed by atoms with E-state index in [1.807, 2.05) is 16.7 Å². The first kappa shape index (κ1) is 13.4. The molecule has 1 aliphatic heterocycles. The highest BCUT2D eigenvalue weighted by Crippen LogP contribution is 2.27. The maximum absolute atomic E-state index is 5.67. The van der Waals surface area contributed by atoms with Crippen LogP contribution in [-0.2, 0) is 16.0 Å². The second kappa shape index (κ2) is 5.43. The second-order valence-electron chi connectivity index (χ2n) is 4.86. The summed E-state index contributed by atoms with van der Waals surface area (Å²) in [6, 6.07) is 3.82. The van der Waals surface area contributed by atoms with E-state index in [-0.39, 0.29) is 5.60 Å². The van der Waals surface area contributed by atoms with Gasteiger partial charge >= 0.3 is 0 Å². The van der Waals surface area contributed by atoms with Crippen LogP contribution in [0.15, 0.2) is 24.5 Å². The molecule has 3 heterocycles. The van der Waals surface area contributed by atoms with Gasteiger partial charge in [0.1, 0.15) is 5.60 Å². The van der Waals surface area contributed by atoms with Gasteiger partial charge in [-0.25, -0.2) is 0 Å². The van der Waals surface area contributed by atoms with Gasteiger partial charge in [-0.2, -0.15) is 5.10 Å². The Hall–Kier alpha value is -1.57. The predicted molar refractivity (Wildman–Crippen MR) is 75.8 cm³/mol. The minimum Gasteiger partial charge on any atom is -0.378 e. The van der Waals surface area contributed by atoms with Gasteiger partial charge in [0.2, 0.25) is 0 Å². The van der Waals surface area contributed by atoms with E-state index < -0.39 is 0 Å². The highest BCUT2D eigenvalue weighted by Gasteiger charge is 2.36. The van der Waals surface area contributed by atoms with Crippen LogP contribution in [0.1, 0.15) is 6.42 Å². The summed E-state index contributed by atoms with van der Waals surface area (Å²) in [4.78, 5) is 4.02. The number of nitrogens with zero attached hydrogens (tertiary/aromatic N) is 3. The van der Waals surface area contributed by atoms with Crippen molar-refractivity contribution in [3.63, 3.8) is 0 Å². The minimum atomic E-state index is -0.329. The summed E-state index contributed by atoms with van der Waals surface area (Å²) in [5, 5.41) is 7.17. The maximum Gasteiger partial charge on any atom is 0.195 e. The van der Waals surface area contributed by atoms with Crippen LogP contribution in [0.25, 0.3) is 11.4 Å². The third-order valence-corrected chi connectivity index (χ3v) is 3.95. The molecule has 1 fully saturated rings. The van der Waals surface area contributed by atoms with Gasteiger partial charge in [-0.1, -0.05) is 0 Å². The molecule has 20 heavy (non-hydrogen) atoms. The SMILES string of the molecule is COC1(Cn2c(-c3ccncc3)n[nH]c2=S)CCOC1. The van der Waals surface area contributed by atoms with Crippen LogP contribution in [0.5, 0.6) is 0 Å². The molecule has 1 N–H and O–H groups in total. The Morgan fingerprint density at radius 3 is 2.95 bits per heavy atom. The third-order valence-electron chi connectivity index (χ3n) is 3.64. The number of rotatable bonds is 4. The predicted octanol–water partition coefficient (Wildman–Crippen LogP) is 1.81. The number of nitrogens with one attached hydrogen (secondary N) is 1. The van der Waals surface area contributed by atoms with E-state index in [1.165, 1.54) is 0 Å². The standard InChI is InChI=1S/C13H16N4O2S/c1-18-13(4-7-19-9-13)8-17-11(15-16-12(17)20)10-2-5-14-6-3-10/h2-3,5-6H,4,7-9H2,1H3,(H,16,20). The fraction of sp³-hybridized carbons (Fsp3) is 0.462. The van der Waals surface area contributed by atoms with Gasteiger partial charge in [-0.05, 0) is 24.4 Å². The number of hydrogen-bond donors (Lipinski definition) is 1. The zero-order valence-corrected chi connectivity index (χ0v) is 12.0. The van der Waals surface area contributed by atoms with Crippen molar-refractivity contribution in [2.75, 3.05) is 20.3 Å². The Morgan fingerprint density at radius 1 is 1.50 bits per heavy atom. The number of methoxy groups -OCH3 is 1. The van der Waals surface area contributed by atoms with Crippen LogP contribution >= 0.6 is 12.2 Å². The van der Waals surface area contributed by atoms with Crippen LogP contribution in [0.3, 0.4) is 0 Å². The topological polar surface area (TPSA) is 65.0 Å². The van der Waals surface area contributed by atoms with Crippen LogP contribution in [-0.4, -0.2) is 45.7 Å². The summed E-state index contributed by atoms with van der Waals surface area (Å²) < 4.78 is 13.7. The number of aromatic nitrogens is 4. The van der Waals surface area contributed by atoms with E-state index >= 15 is 0 Å². The van der Waals surface area contributed by atoms with Gasteiger partial charge in [0.15, 0.2) is 10.6 Å². The minimum absolute atomic E-state index is 0.329. The Morgan fingerprint density at radius 2 is 2.30 bits per heavy atom. The number of ether oxygens (including phenoxy) is 2. The van der Waals surface area contributed by atoms with E-state index in [0.717, 1.165) is 17.8 Å². The quantitative estimate of drug-likeness (QED) is 0.871. The van der Waals surface area contributed by atoms with Crippen molar-refractivity contribution >= 4 is 12.2 Å². The van der Waals surface area contributed by atoms with Crippen molar-refractivity contribution < 1.29 is 9.47 Å². The molecule has 1 aliphatic rings. The normalized spacial score (nSPS) is 22.2. The van der Waals surface area contributed by atoms with Gasteiger partial charge in [-0.3, -0.25) is 14.6 Å². The van der Waals surface area contributed by atoms with E-state index in [2.05, 4.69) is 15.2 Å². The zero-order chi connectivity index (χ0) is 14.0. The largest absolute Gasteiger partial charge is 0.378 e. The number of H-pyrrole nitrogens is 1. The Balaban J connectivity index is 1.98. The second-order valence-corrected chi connectivity index (χ2v) is 5.25. The Kier molecular flexibility index (Phi) is 3.64. The molecule has 2 aromatic rings. The van der Waals surface area contributed by atoms with Crippen LogP contribution < -0.4 is 0 Å². The van der Waals surface area contributed by atoms with Crippen molar-refractivity contribution in [1.82, 2.24) is 19.7 Å². The first-order valence-electron chi connectivity index (χ1n) is 6.43. The summed E-state index contributed by atoms with van der Waals surface area (Å²) in [6.45, 7) is 1.91. The molecule has 0 bridgehead atoms. The average molecular weight is 292 g/mol. The van der Waals surface area contributed by atoms with Crippen LogP contribution in [0.4, 0.5) is 0 Å². The van der Waals surface area contributed by atoms with E-state index in [4.69, 9.17) is 21.7 Å². The van der Waals surface area contributed by atoms with E-state index in [0.29, 0.717) is 24.5 Å². The van der Waals surface area contributed by atoms with Gasteiger partial charge < -0.3 is 9.47 Å². The first-order valence-corrected chi connectivity index (χ1v) is 6.83. The van der Waals surface area contributed by atoms with Crippen molar-refractivity contribution in [1.29, 1.82) is 0 Å². The molecule has 1 saturated heterocycles. The molecular weight excluding hydrogens is 276 g/mol. The molecule has 0 saturated carbocycles. The van der Waals surface area contributed by atoms with E-state index in [1.54, 1.807) is 19.5 Å². The summed E-state index contributed by atoms with van der Waals surface area (Å²) in [5.74, 6) is 0.792. The van der Waals surface area contributed by atoms with Crippen molar-refractivity contribution in [3.8, 4) is 11.4 Å². The molecular formula is C13H16N4O2S. The lowest BCUT2D eigenvalue weighted by atomic mass is 10.0. The highest BCUT2D eigenvalue weighted by molar-refractivity contribution is 7.71. The highest BCUT2D eigenvalue weighted by atomic mass is 32.1. The first-order chi connectivity index (χ1) is 9.74. The number of hydrogen-bond acceptors (Lipinski definition) is 5. The number of aromatic amines is 1. The van der Waals surface area contributed by atoms with E-state index in [9.17, 15) is 0 Å². The third kappa shape index (κ3) is 2.39. The fourth-order valence-corrected chi connectivity index (χ4v) is 2.61. The molecule has 0 aromatic carbocycles. The van der Waals surface area contributed by atoms with Crippen molar-refractivity contribution in [2.45, 2.75) is 18.6 Å². The zero-order valence-electron chi connectivity index (χ0n) is 11.2.